The third kappa shape index (κ3) is 2.23. The Kier molecular flexibility index (Phi) is 3.50. The minimum atomic E-state index is -0.485. The molecule has 2 aliphatic heterocycles. The molecule has 92 valence electrons. The smallest absolute Gasteiger partial charge is 0.225 e. The summed E-state index contributed by atoms with van der Waals surface area (Å²) in [4.78, 5) is 14.0. The fraction of sp³-hybridized carbons (Fsp3) is 0.917. The summed E-state index contributed by atoms with van der Waals surface area (Å²) in [7, 11) is 0. The predicted octanol–water partition coefficient (Wildman–Crippen LogP) is 1.40. The van der Waals surface area contributed by atoms with Crippen LogP contribution in [0.2, 0.25) is 0 Å². The van der Waals surface area contributed by atoms with E-state index >= 15 is 0 Å². The molecule has 1 unspecified atom stereocenters. The summed E-state index contributed by atoms with van der Waals surface area (Å²) in [5.41, 5.74) is 0. The molecule has 0 N–H and O–H groups in total. The summed E-state index contributed by atoms with van der Waals surface area (Å²) in [6, 6.07) is 0. The van der Waals surface area contributed by atoms with Gasteiger partial charge in [0.05, 0.1) is 19.8 Å². The van der Waals surface area contributed by atoms with Gasteiger partial charge >= 0.3 is 0 Å². The van der Waals surface area contributed by atoms with Gasteiger partial charge in [-0.2, -0.15) is 0 Å². The summed E-state index contributed by atoms with van der Waals surface area (Å²) < 4.78 is 11.3. The Balaban J connectivity index is 1.98. The van der Waals surface area contributed by atoms with Gasteiger partial charge in [-0.3, -0.25) is 4.79 Å². The van der Waals surface area contributed by atoms with Gasteiger partial charge in [0.1, 0.15) is 0 Å². The lowest BCUT2D eigenvalue weighted by Crippen LogP contribution is -2.52. The van der Waals surface area contributed by atoms with E-state index < -0.39 is 5.79 Å². The number of amides is 1. The van der Waals surface area contributed by atoms with Crippen molar-refractivity contribution in [3.05, 3.63) is 0 Å². The third-order valence-electron chi connectivity index (χ3n) is 3.58. The van der Waals surface area contributed by atoms with Gasteiger partial charge in [0.2, 0.25) is 5.91 Å². The molecule has 2 heterocycles. The van der Waals surface area contributed by atoms with Crippen LogP contribution < -0.4 is 0 Å². The second-order valence-corrected chi connectivity index (χ2v) is 4.78. The Hall–Kier alpha value is -0.610. The van der Waals surface area contributed by atoms with E-state index in [4.69, 9.17) is 9.47 Å². The second-order valence-electron chi connectivity index (χ2n) is 4.78. The number of piperidine rings is 1. The number of carbonyl (C=O) groups is 1. The predicted molar refractivity (Wildman–Crippen MR) is 59.9 cm³/mol. The van der Waals surface area contributed by atoms with Crippen molar-refractivity contribution < 1.29 is 14.3 Å². The summed E-state index contributed by atoms with van der Waals surface area (Å²) in [5.74, 6) is -0.140. The minimum absolute atomic E-state index is 0.108. The fourth-order valence-corrected chi connectivity index (χ4v) is 2.40. The lowest BCUT2D eigenvalue weighted by atomic mass is 10.0. The van der Waals surface area contributed by atoms with Gasteiger partial charge < -0.3 is 14.4 Å². The highest BCUT2D eigenvalue weighted by atomic mass is 16.7. The van der Waals surface area contributed by atoms with Crippen LogP contribution in [0.4, 0.5) is 0 Å². The van der Waals surface area contributed by atoms with Crippen molar-refractivity contribution in [3.63, 3.8) is 0 Å². The Morgan fingerprint density at radius 3 is 2.75 bits per heavy atom. The largest absolute Gasteiger partial charge is 0.346 e. The number of hydrogen-bond acceptors (Lipinski definition) is 3. The van der Waals surface area contributed by atoms with E-state index in [2.05, 4.69) is 0 Å². The molecule has 16 heavy (non-hydrogen) atoms. The molecule has 4 nitrogen and oxygen atoms in total. The first-order valence-corrected chi connectivity index (χ1v) is 6.23. The van der Waals surface area contributed by atoms with E-state index in [0.717, 1.165) is 25.8 Å². The maximum Gasteiger partial charge on any atom is 0.225 e. The SMILES string of the molecule is CCC(C)C(=O)N1CCCC2(C1)OCCO2. The van der Waals surface area contributed by atoms with Crippen LogP contribution in [0, 0.1) is 5.92 Å². The summed E-state index contributed by atoms with van der Waals surface area (Å²) in [6.07, 6.45) is 2.78. The highest BCUT2D eigenvalue weighted by Crippen LogP contribution is 2.30. The molecule has 0 aliphatic carbocycles. The number of likely N-dealkylation sites (tertiary alicyclic amines) is 1. The van der Waals surface area contributed by atoms with Crippen LogP contribution in [0.1, 0.15) is 33.1 Å². The number of carbonyl (C=O) groups excluding carboxylic acids is 1. The lowest BCUT2D eigenvalue weighted by molar-refractivity contribution is -0.194. The molecule has 2 saturated heterocycles. The Bertz CT molecular complexity index is 261. The zero-order valence-corrected chi connectivity index (χ0v) is 10.2. The monoisotopic (exact) mass is 227 g/mol. The first-order valence-electron chi connectivity index (χ1n) is 6.23. The first-order chi connectivity index (χ1) is 7.67. The highest BCUT2D eigenvalue weighted by molar-refractivity contribution is 5.78. The second kappa shape index (κ2) is 4.72. The molecular weight excluding hydrogens is 206 g/mol. The molecular formula is C12H21NO3. The quantitative estimate of drug-likeness (QED) is 0.715. The van der Waals surface area contributed by atoms with Gasteiger partial charge in [0.25, 0.3) is 0 Å². The Morgan fingerprint density at radius 2 is 2.12 bits per heavy atom. The molecule has 1 amide bonds. The standard InChI is InChI=1S/C12H21NO3/c1-3-10(2)11(14)13-6-4-5-12(9-13)15-7-8-16-12/h10H,3-9H2,1-2H3. The maximum atomic E-state index is 12.1. The molecule has 0 bridgehead atoms. The number of hydrogen-bond donors (Lipinski definition) is 0. The Morgan fingerprint density at radius 1 is 1.44 bits per heavy atom. The number of nitrogens with zero attached hydrogens (tertiary/aromatic N) is 1. The molecule has 2 rings (SSSR count). The van der Waals surface area contributed by atoms with E-state index in [0.29, 0.717) is 19.8 Å². The van der Waals surface area contributed by atoms with E-state index in [1.165, 1.54) is 0 Å². The normalized spacial score (nSPS) is 26.0. The van der Waals surface area contributed by atoms with Crippen LogP contribution in [0.25, 0.3) is 0 Å². The summed E-state index contributed by atoms with van der Waals surface area (Å²) in [5, 5.41) is 0. The van der Waals surface area contributed by atoms with Gasteiger partial charge in [0.15, 0.2) is 5.79 Å². The topological polar surface area (TPSA) is 38.8 Å². The van der Waals surface area contributed by atoms with Crippen molar-refractivity contribution in [2.45, 2.75) is 38.9 Å². The molecule has 2 aliphatic rings. The zero-order chi connectivity index (χ0) is 11.6. The minimum Gasteiger partial charge on any atom is -0.346 e. The molecule has 2 fully saturated rings. The van der Waals surface area contributed by atoms with Crippen molar-refractivity contribution in [2.75, 3.05) is 26.3 Å². The average molecular weight is 227 g/mol. The highest BCUT2D eigenvalue weighted by Gasteiger charge is 2.42. The van der Waals surface area contributed by atoms with Crippen LogP contribution in [0.15, 0.2) is 0 Å². The lowest BCUT2D eigenvalue weighted by Gasteiger charge is -2.39. The van der Waals surface area contributed by atoms with Crippen LogP contribution in [0.5, 0.6) is 0 Å². The molecule has 4 heteroatoms. The molecule has 0 saturated carbocycles. The van der Waals surface area contributed by atoms with Crippen LogP contribution in [0.3, 0.4) is 0 Å². The van der Waals surface area contributed by atoms with Crippen LogP contribution in [-0.4, -0.2) is 42.9 Å². The molecule has 0 aromatic carbocycles. The van der Waals surface area contributed by atoms with Gasteiger partial charge in [0, 0.05) is 18.9 Å². The van der Waals surface area contributed by atoms with Gasteiger partial charge in [-0.05, 0) is 12.8 Å². The van der Waals surface area contributed by atoms with Crippen molar-refractivity contribution in [1.29, 1.82) is 0 Å². The van der Waals surface area contributed by atoms with Gasteiger partial charge in [-0.25, -0.2) is 0 Å². The fourth-order valence-electron chi connectivity index (χ4n) is 2.40. The Labute approximate surface area is 96.9 Å². The number of ether oxygens (including phenoxy) is 2. The first kappa shape index (κ1) is 11.9. The van der Waals surface area contributed by atoms with E-state index in [-0.39, 0.29) is 11.8 Å². The van der Waals surface area contributed by atoms with Crippen molar-refractivity contribution in [1.82, 2.24) is 4.90 Å². The third-order valence-corrected chi connectivity index (χ3v) is 3.58. The van der Waals surface area contributed by atoms with Gasteiger partial charge in [-0.1, -0.05) is 13.8 Å². The van der Waals surface area contributed by atoms with Gasteiger partial charge in [-0.15, -0.1) is 0 Å². The molecule has 1 atom stereocenters. The van der Waals surface area contributed by atoms with E-state index in [9.17, 15) is 4.79 Å². The number of rotatable bonds is 2. The molecule has 0 radical (unpaired) electrons. The van der Waals surface area contributed by atoms with E-state index in [1.807, 2.05) is 18.7 Å². The summed E-state index contributed by atoms with van der Waals surface area (Å²) >= 11 is 0. The van der Waals surface area contributed by atoms with Crippen molar-refractivity contribution >= 4 is 5.91 Å². The van der Waals surface area contributed by atoms with Crippen molar-refractivity contribution in [2.24, 2.45) is 5.92 Å². The summed E-state index contributed by atoms with van der Waals surface area (Å²) in [6.45, 7) is 6.80. The van der Waals surface area contributed by atoms with Crippen molar-refractivity contribution in [3.8, 4) is 0 Å². The zero-order valence-electron chi connectivity index (χ0n) is 10.2. The maximum absolute atomic E-state index is 12.1. The van der Waals surface area contributed by atoms with Crippen LogP contribution in [-0.2, 0) is 14.3 Å². The van der Waals surface area contributed by atoms with E-state index in [1.54, 1.807) is 0 Å². The molecule has 0 aromatic heterocycles. The van der Waals surface area contributed by atoms with Crippen LogP contribution >= 0.6 is 0 Å². The molecule has 0 aromatic rings. The molecule has 1 spiro atoms. The average Bonchev–Trinajstić information content (AvgIpc) is 2.75.